The van der Waals surface area contributed by atoms with Crippen LogP contribution in [0, 0.1) is 0 Å². The lowest BCUT2D eigenvalue weighted by Gasteiger charge is -2.18. The molecule has 0 bridgehead atoms. The van der Waals surface area contributed by atoms with Crippen LogP contribution in [0.4, 0.5) is 0 Å². The summed E-state index contributed by atoms with van der Waals surface area (Å²) in [6.45, 7) is 0. The van der Waals surface area contributed by atoms with Crippen molar-refractivity contribution in [1.82, 2.24) is 5.32 Å². The van der Waals surface area contributed by atoms with Gasteiger partial charge in [0.1, 0.15) is 0 Å². The fraction of sp³-hybridized carbons (Fsp3) is 0.200. The summed E-state index contributed by atoms with van der Waals surface area (Å²) in [5, 5.41) is 4.74. The number of benzene rings is 2. The van der Waals surface area contributed by atoms with Gasteiger partial charge in [0.2, 0.25) is 0 Å². The maximum Gasteiger partial charge on any atom is 0.0455 e. The number of nitrogens with one attached hydrogen (secondary N) is 1. The van der Waals surface area contributed by atoms with Crippen LogP contribution in [-0.4, -0.2) is 12.8 Å². The lowest BCUT2D eigenvalue weighted by atomic mass is 10.1. The van der Waals surface area contributed by atoms with E-state index in [0.29, 0.717) is 5.02 Å². The maximum atomic E-state index is 6.27. The summed E-state index contributed by atoms with van der Waals surface area (Å²) in [6.07, 6.45) is 0. The van der Waals surface area contributed by atoms with Crippen LogP contribution in [0.5, 0.6) is 0 Å². The molecule has 20 heavy (non-hydrogen) atoms. The molecule has 0 amide bonds. The van der Waals surface area contributed by atoms with Gasteiger partial charge in [0.15, 0.2) is 0 Å². The van der Waals surface area contributed by atoms with Crippen molar-refractivity contribution in [1.29, 1.82) is 0 Å². The maximum absolute atomic E-state index is 6.27. The summed E-state index contributed by atoms with van der Waals surface area (Å²) in [7, 11) is 1.93. The molecule has 1 N–H and O–H groups in total. The van der Waals surface area contributed by atoms with Crippen LogP contribution < -0.4 is 5.32 Å². The first kappa shape index (κ1) is 16.2. The molecule has 0 saturated heterocycles. The zero-order chi connectivity index (χ0) is 14.5. The quantitative estimate of drug-likeness (QED) is 0.646. The topological polar surface area (TPSA) is 12.0 Å². The van der Waals surface area contributed by atoms with Gasteiger partial charge in [-0.3, -0.25) is 0 Å². The van der Waals surface area contributed by atoms with Gasteiger partial charge >= 0.3 is 0 Å². The first-order chi connectivity index (χ1) is 9.61. The van der Waals surface area contributed by atoms with Gasteiger partial charge in [0, 0.05) is 31.2 Å². The Hall–Kier alpha value is -0.190. The van der Waals surface area contributed by atoms with Gasteiger partial charge in [-0.2, -0.15) is 0 Å². The molecule has 2 rings (SSSR count). The van der Waals surface area contributed by atoms with Gasteiger partial charge in [-0.1, -0.05) is 35.3 Å². The second-order valence-corrected chi connectivity index (χ2v) is 7.01. The van der Waals surface area contributed by atoms with Crippen LogP contribution in [0.15, 0.2) is 51.8 Å². The van der Waals surface area contributed by atoms with Gasteiger partial charge in [0.25, 0.3) is 0 Å². The molecule has 0 aliphatic carbocycles. The summed E-state index contributed by atoms with van der Waals surface area (Å²) in [4.78, 5) is 1.21. The van der Waals surface area contributed by atoms with Crippen LogP contribution in [0.3, 0.4) is 0 Å². The summed E-state index contributed by atoms with van der Waals surface area (Å²) < 4.78 is 1.11. The molecule has 106 valence electrons. The predicted molar refractivity (Wildman–Crippen MR) is 93.1 cm³/mol. The van der Waals surface area contributed by atoms with Gasteiger partial charge in [-0.15, -0.1) is 11.8 Å². The molecular formula is C15H14BrCl2NS. The van der Waals surface area contributed by atoms with Crippen LogP contribution in [-0.2, 0) is 0 Å². The average Bonchev–Trinajstić information content (AvgIpc) is 2.45. The van der Waals surface area contributed by atoms with E-state index in [4.69, 9.17) is 23.2 Å². The molecule has 0 aliphatic heterocycles. The van der Waals surface area contributed by atoms with Crippen molar-refractivity contribution in [3.63, 3.8) is 0 Å². The molecule has 0 aromatic heterocycles. The van der Waals surface area contributed by atoms with Gasteiger partial charge in [-0.25, -0.2) is 0 Å². The van der Waals surface area contributed by atoms with Gasteiger partial charge < -0.3 is 5.32 Å². The third kappa shape index (κ3) is 4.15. The molecular weight excluding hydrogens is 377 g/mol. The Morgan fingerprint density at radius 2 is 1.95 bits per heavy atom. The van der Waals surface area contributed by atoms with E-state index in [-0.39, 0.29) is 6.04 Å². The fourth-order valence-electron chi connectivity index (χ4n) is 1.85. The van der Waals surface area contributed by atoms with E-state index in [0.717, 1.165) is 20.8 Å². The molecule has 0 aliphatic rings. The van der Waals surface area contributed by atoms with E-state index in [1.807, 2.05) is 37.4 Å². The normalized spacial score (nSPS) is 12.4. The molecule has 1 atom stereocenters. The average molecular weight is 391 g/mol. The summed E-state index contributed by atoms with van der Waals surface area (Å²) in [5.41, 5.74) is 1.03. The van der Waals surface area contributed by atoms with E-state index in [2.05, 4.69) is 27.3 Å². The standard InChI is InChI=1S/C15H14BrCl2NS/c1-19-14(11-8-10(17)6-7-13(11)18)9-20-15-5-3-2-4-12(15)16/h2-8,14,19H,9H2,1H3. The van der Waals surface area contributed by atoms with Crippen LogP contribution in [0.2, 0.25) is 10.0 Å². The molecule has 1 nitrogen and oxygen atoms in total. The van der Waals surface area contributed by atoms with Crippen LogP contribution in [0.25, 0.3) is 0 Å². The van der Waals surface area contributed by atoms with Crippen LogP contribution >= 0.6 is 50.9 Å². The zero-order valence-electron chi connectivity index (χ0n) is 10.9. The van der Waals surface area contributed by atoms with Gasteiger partial charge in [-0.05, 0) is 58.9 Å². The Labute approximate surface area is 142 Å². The Morgan fingerprint density at radius 1 is 1.20 bits per heavy atom. The largest absolute Gasteiger partial charge is 0.312 e. The molecule has 1 unspecified atom stereocenters. The van der Waals surface area contributed by atoms with E-state index < -0.39 is 0 Å². The first-order valence-corrected chi connectivity index (χ1v) is 8.65. The summed E-state index contributed by atoms with van der Waals surface area (Å²) >= 11 is 17.7. The van der Waals surface area contributed by atoms with Crippen molar-refractivity contribution >= 4 is 50.9 Å². The lowest BCUT2D eigenvalue weighted by molar-refractivity contribution is 0.662. The van der Waals surface area contributed by atoms with E-state index in [1.54, 1.807) is 17.8 Å². The highest BCUT2D eigenvalue weighted by molar-refractivity contribution is 9.10. The van der Waals surface area contributed by atoms with Gasteiger partial charge in [0.05, 0.1) is 0 Å². The Balaban J connectivity index is 2.13. The van der Waals surface area contributed by atoms with Crippen molar-refractivity contribution in [2.24, 2.45) is 0 Å². The monoisotopic (exact) mass is 389 g/mol. The highest BCUT2D eigenvalue weighted by Crippen LogP contribution is 2.33. The molecule has 0 spiro atoms. The SMILES string of the molecule is CNC(CSc1ccccc1Br)c1cc(Cl)ccc1Cl. The molecule has 5 heteroatoms. The number of thioether (sulfide) groups is 1. The fourth-order valence-corrected chi connectivity index (χ4v) is 3.98. The Bertz CT molecular complexity index is 592. The number of halogens is 3. The van der Waals surface area contributed by atoms with E-state index in [1.165, 1.54) is 4.90 Å². The zero-order valence-corrected chi connectivity index (χ0v) is 14.8. The molecule has 0 radical (unpaired) electrons. The van der Waals surface area contributed by atoms with Crippen molar-refractivity contribution in [3.05, 3.63) is 62.5 Å². The minimum Gasteiger partial charge on any atom is -0.312 e. The molecule has 0 fully saturated rings. The summed E-state index contributed by atoms with van der Waals surface area (Å²) in [6, 6.07) is 13.9. The smallest absolute Gasteiger partial charge is 0.0455 e. The van der Waals surface area contributed by atoms with E-state index >= 15 is 0 Å². The molecule has 0 saturated carbocycles. The number of rotatable bonds is 5. The Morgan fingerprint density at radius 3 is 2.65 bits per heavy atom. The molecule has 2 aromatic rings. The van der Waals surface area contributed by atoms with Crippen molar-refractivity contribution < 1.29 is 0 Å². The third-order valence-electron chi connectivity index (χ3n) is 2.92. The van der Waals surface area contributed by atoms with Crippen molar-refractivity contribution in [2.75, 3.05) is 12.8 Å². The second kappa shape index (κ2) is 7.71. The van der Waals surface area contributed by atoms with Crippen molar-refractivity contribution in [3.8, 4) is 0 Å². The van der Waals surface area contributed by atoms with Crippen LogP contribution in [0.1, 0.15) is 11.6 Å². The minimum atomic E-state index is 0.151. The molecule has 0 heterocycles. The lowest BCUT2D eigenvalue weighted by Crippen LogP contribution is -2.19. The third-order valence-corrected chi connectivity index (χ3v) is 5.62. The number of hydrogen-bond acceptors (Lipinski definition) is 2. The predicted octanol–water partition coefficient (Wildman–Crippen LogP) is 5.81. The Kier molecular flexibility index (Phi) is 6.24. The van der Waals surface area contributed by atoms with Crippen molar-refractivity contribution in [2.45, 2.75) is 10.9 Å². The highest BCUT2D eigenvalue weighted by Gasteiger charge is 2.14. The minimum absolute atomic E-state index is 0.151. The summed E-state index contributed by atoms with van der Waals surface area (Å²) in [5.74, 6) is 0.874. The first-order valence-electron chi connectivity index (χ1n) is 6.11. The second-order valence-electron chi connectivity index (χ2n) is 4.25. The number of hydrogen-bond donors (Lipinski definition) is 1. The molecule has 2 aromatic carbocycles. The van der Waals surface area contributed by atoms with E-state index in [9.17, 15) is 0 Å². The highest BCUT2D eigenvalue weighted by atomic mass is 79.9.